The van der Waals surface area contributed by atoms with Crippen LogP contribution in [0.2, 0.25) is 0 Å². The minimum absolute atomic E-state index is 0.0818. The lowest BCUT2D eigenvalue weighted by Gasteiger charge is -2.18. The average molecular weight is 481 g/mol. The quantitative estimate of drug-likeness (QED) is 0.372. The summed E-state index contributed by atoms with van der Waals surface area (Å²) in [6.07, 6.45) is 2.59. The predicted octanol–water partition coefficient (Wildman–Crippen LogP) is 5.46. The number of ether oxygens (including phenoxy) is 1. The number of rotatable bonds is 8. The highest BCUT2D eigenvalue weighted by molar-refractivity contribution is 6.02. The Morgan fingerprint density at radius 2 is 1.77 bits per heavy atom. The van der Waals surface area contributed by atoms with E-state index in [0.29, 0.717) is 41.2 Å². The molecule has 0 radical (unpaired) electrons. The van der Waals surface area contributed by atoms with Crippen LogP contribution in [0.1, 0.15) is 40.7 Å². The van der Waals surface area contributed by atoms with Gasteiger partial charge in [0.2, 0.25) is 5.91 Å². The van der Waals surface area contributed by atoms with Gasteiger partial charge in [0.25, 0.3) is 0 Å². The Hall–Kier alpha value is -3.94. The Balaban J connectivity index is 1.55. The van der Waals surface area contributed by atoms with Gasteiger partial charge in [-0.25, -0.2) is 8.78 Å². The smallest absolute Gasteiger partial charge is 0.312 e. The zero-order valence-corrected chi connectivity index (χ0v) is 19.2. The summed E-state index contributed by atoms with van der Waals surface area (Å²) in [6.45, 7) is 1.85. The Labute approximate surface area is 201 Å². The molecule has 35 heavy (non-hydrogen) atoms. The molecule has 8 heteroatoms. The zero-order chi connectivity index (χ0) is 25.1. The van der Waals surface area contributed by atoms with Crippen LogP contribution >= 0.6 is 0 Å². The van der Waals surface area contributed by atoms with E-state index in [1.165, 1.54) is 12.1 Å². The summed E-state index contributed by atoms with van der Waals surface area (Å²) in [4.78, 5) is 22.8. The van der Waals surface area contributed by atoms with E-state index in [4.69, 9.17) is 9.84 Å². The minimum Gasteiger partial charge on any atom is -0.508 e. The lowest BCUT2D eigenvalue weighted by Crippen LogP contribution is -2.17. The topological polar surface area (TPSA) is 95.9 Å². The molecular formula is C27H25F2NO5. The molecular weight excluding hydrogens is 456 g/mol. The van der Waals surface area contributed by atoms with Crippen LogP contribution in [-0.4, -0.2) is 22.1 Å². The second kappa shape index (κ2) is 10.1. The molecule has 0 atom stereocenters. The number of amides is 1. The molecule has 0 aliphatic heterocycles. The maximum Gasteiger partial charge on any atom is 0.312 e. The fourth-order valence-corrected chi connectivity index (χ4v) is 4.40. The molecule has 3 aromatic carbocycles. The van der Waals surface area contributed by atoms with Crippen LogP contribution in [0.3, 0.4) is 0 Å². The molecule has 0 saturated carbocycles. The number of fused-ring (bicyclic) bond motifs is 1. The van der Waals surface area contributed by atoms with Gasteiger partial charge in [-0.1, -0.05) is 6.07 Å². The van der Waals surface area contributed by atoms with Gasteiger partial charge in [0, 0.05) is 11.3 Å². The number of aliphatic carboxylic acids is 1. The van der Waals surface area contributed by atoms with Gasteiger partial charge in [-0.3, -0.25) is 9.59 Å². The van der Waals surface area contributed by atoms with Crippen molar-refractivity contribution in [1.29, 1.82) is 0 Å². The summed E-state index contributed by atoms with van der Waals surface area (Å²) in [5.74, 6) is -2.31. The van der Waals surface area contributed by atoms with E-state index in [1.54, 1.807) is 18.2 Å². The highest BCUT2D eigenvalue weighted by Crippen LogP contribution is 2.41. The van der Waals surface area contributed by atoms with Crippen molar-refractivity contribution < 1.29 is 33.3 Å². The van der Waals surface area contributed by atoms with Crippen molar-refractivity contribution in [1.82, 2.24) is 0 Å². The minimum atomic E-state index is -1.19. The third-order valence-corrected chi connectivity index (χ3v) is 6.06. The maximum absolute atomic E-state index is 13.5. The monoisotopic (exact) mass is 481 g/mol. The van der Waals surface area contributed by atoms with Gasteiger partial charge in [0.1, 0.15) is 23.7 Å². The van der Waals surface area contributed by atoms with Crippen molar-refractivity contribution in [3.63, 3.8) is 0 Å². The number of aryl methyl sites for hydroxylation is 3. The SMILES string of the molecule is Cc1cc(NC(=O)CC(=O)O)c2c(c1Oc1ccc(O)c(CCc3ccc(F)c(F)c3)c1)CCC2. The second-order valence-electron chi connectivity index (χ2n) is 8.64. The van der Waals surface area contributed by atoms with Gasteiger partial charge in [0.05, 0.1) is 0 Å². The molecule has 0 fully saturated rings. The first kappa shape index (κ1) is 24.2. The Kier molecular flexibility index (Phi) is 7.00. The van der Waals surface area contributed by atoms with E-state index in [0.717, 1.165) is 48.1 Å². The zero-order valence-electron chi connectivity index (χ0n) is 19.2. The van der Waals surface area contributed by atoms with E-state index in [1.807, 2.05) is 6.92 Å². The summed E-state index contributed by atoms with van der Waals surface area (Å²) >= 11 is 0. The number of carboxylic acids is 1. The first-order chi connectivity index (χ1) is 16.7. The number of benzene rings is 3. The van der Waals surface area contributed by atoms with Crippen molar-refractivity contribution in [3.8, 4) is 17.2 Å². The van der Waals surface area contributed by atoms with Crippen LogP contribution in [0.25, 0.3) is 0 Å². The third-order valence-electron chi connectivity index (χ3n) is 6.06. The fourth-order valence-electron chi connectivity index (χ4n) is 4.40. The molecule has 1 aliphatic rings. The largest absolute Gasteiger partial charge is 0.508 e. The molecule has 6 nitrogen and oxygen atoms in total. The number of nitrogens with one attached hydrogen (secondary N) is 1. The summed E-state index contributed by atoms with van der Waals surface area (Å²) in [7, 11) is 0. The Bertz CT molecular complexity index is 1310. The number of hydrogen-bond acceptors (Lipinski definition) is 4. The summed E-state index contributed by atoms with van der Waals surface area (Å²) in [5, 5.41) is 21.9. The molecule has 3 N–H and O–H groups in total. The maximum atomic E-state index is 13.5. The second-order valence-corrected chi connectivity index (χ2v) is 8.64. The molecule has 0 heterocycles. The molecule has 1 amide bonds. The van der Waals surface area contributed by atoms with Crippen LogP contribution in [0.5, 0.6) is 17.2 Å². The van der Waals surface area contributed by atoms with Gasteiger partial charge >= 0.3 is 5.97 Å². The summed E-state index contributed by atoms with van der Waals surface area (Å²) in [6, 6.07) is 10.4. The van der Waals surface area contributed by atoms with E-state index >= 15 is 0 Å². The van der Waals surface area contributed by atoms with Crippen molar-refractivity contribution in [3.05, 3.63) is 81.9 Å². The van der Waals surface area contributed by atoms with Gasteiger partial charge in [-0.05, 0) is 97.7 Å². The number of anilines is 1. The summed E-state index contributed by atoms with van der Waals surface area (Å²) < 4.78 is 32.9. The van der Waals surface area contributed by atoms with Crippen LogP contribution < -0.4 is 10.1 Å². The normalized spacial score (nSPS) is 12.3. The average Bonchev–Trinajstić information content (AvgIpc) is 3.28. The summed E-state index contributed by atoms with van der Waals surface area (Å²) in [5.41, 5.74) is 4.51. The highest BCUT2D eigenvalue weighted by atomic mass is 19.2. The molecule has 0 unspecified atom stereocenters. The van der Waals surface area contributed by atoms with E-state index in [9.17, 15) is 23.5 Å². The number of halogens is 2. The van der Waals surface area contributed by atoms with Crippen LogP contribution in [0.15, 0.2) is 42.5 Å². The van der Waals surface area contributed by atoms with Gasteiger partial charge in [-0.15, -0.1) is 0 Å². The van der Waals surface area contributed by atoms with Crippen molar-refractivity contribution in [2.24, 2.45) is 0 Å². The fraction of sp³-hybridized carbons (Fsp3) is 0.259. The number of carboxylic acid groups (broad SMARTS) is 1. The number of aromatic hydroxyl groups is 1. The lowest BCUT2D eigenvalue weighted by atomic mass is 10.0. The molecule has 0 aromatic heterocycles. The molecule has 4 rings (SSSR count). The molecule has 0 spiro atoms. The van der Waals surface area contributed by atoms with E-state index in [2.05, 4.69) is 5.32 Å². The van der Waals surface area contributed by atoms with Crippen LogP contribution in [0.4, 0.5) is 14.5 Å². The van der Waals surface area contributed by atoms with Crippen molar-refractivity contribution in [2.75, 3.05) is 5.32 Å². The Morgan fingerprint density at radius 3 is 2.51 bits per heavy atom. The van der Waals surface area contributed by atoms with Crippen molar-refractivity contribution in [2.45, 2.75) is 45.4 Å². The molecule has 0 bridgehead atoms. The highest BCUT2D eigenvalue weighted by Gasteiger charge is 2.24. The number of carbonyl (C=O) groups excluding carboxylic acids is 1. The van der Waals surface area contributed by atoms with E-state index < -0.39 is 29.9 Å². The number of hydrogen-bond donors (Lipinski definition) is 3. The molecule has 182 valence electrons. The lowest BCUT2D eigenvalue weighted by molar-refractivity contribution is -0.139. The standard InChI is InChI=1S/C27H25F2NO5/c1-15-11-23(30-25(32)14-26(33)34)19-3-2-4-20(19)27(15)35-18-8-10-24(31)17(13-18)7-5-16-6-9-21(28)22(29)12-16/h6,8-13,31H,2-5,7,14H2,1H3,(H,30,32)(H,33,34). The number of phenolic OH excluding ortho intramolecular Hbond substituents is 1. The number of carbonyl (C=O) groups is 2. The number of phenols is 1. The van der Waals surface area contributed by atoms with Gasteiger partial charge in [-0.2, -0.15) is 0 Å². The van der Waals surface area contributed by atoms with Crippen LogP contribution in [0, 0.1) is 18.6 Å². The Morgan fingerprint density at radius 1 is 1.00 bits per heavy atom. The first-order valence-corrected chi connectivity index (χ1v) is 11.3. The predicted molar refractivity (Wildman–Crippen MR) is 126 cm³/mol. The molecule has 0 saturated heterocycles. The molecule has 1 aliphatic carbocycles. The third kappa shape index (κ3) is 5.59. The van der Waals surface area contributed by atoms with Crippen molar-refractivity contribution >= 4 is 17.6 Å². The van der Waals surface area contributed by atoms with Gasteiger partial charge < -0.3 is 20.3 Å². The van der Waals surface area contributed by atoms with Crippen LogP contribution in [-0.2, 0) is 35.3 Å². The van der Waals surface area contributed by atoms with E-state index in [-0.39, 0.29) is 5.75 Å². The first-order valence-electron chi connectivity index (χ1n) is 11.3. The molecule has 3 aromatic rings. The van der Waals surface area contributed by atoms with Gasteiger partial charge in [0.15, 0.2) is 11.6 Å².